The van der Waals surface area contributed by atoms with Crippen LogP contribution in [0.5, 0.6) is 0 Å². The number of hydrogen-bond acceptors (Lipinski definition) is 6. The first kappa shape index (κ1) is 24.6. The highest BCUT2D eigenvalue weighted by Crippen LogP contribution is 2.37. The minimum atomic E-state index is -0.699. The second-order valence-electron chi connectivity index (χ2n) is 9.82. The molecule has 0 unspecified atom stereocenters. The number of benzene rings is 2. The molecule has 0 aliphatic carbocycles. The lowest BCUT2D eigenvalue weighted by Crippen LogP contribution is -2.56. The fraction of sp³-hybridized carbons (Fsp3) is 0.464. The minimum absolute atomic E-state index is 0.102. The summed E-state index contributed by atoms with van der Waals surface area (Å²) < 4.78 is 25.0. The molecule has 5 rings (SSSR count). The van der Waals surface area contributed by atoms with Gasteiger partial charge in [-0.1, -0.05) is 47.1 Å². The van der Waals surface area contributed by atoms with Crippen molar-refractivity contribution in [1.82, 2.24) is 19.9 Å². The number of halogens is 1. The second-order valence-corrected chi connectivity index (χ2v) is 9.82. The van der Waals surface area contributed by atoms with Gasteiger partial charge in [0.15, 0.2) is 0 Å². The molecule has 3 heterocycles. The largest absolute Gasteiger partial charge is 0.381 e. The summed E-state index contributed by atoms with van der Waals surface area (Å²) in [5.41, 5.74) is 2.22. The number of nitrogens with zero attached hydrogens (tertiary/aromatic N) is 4. The van der Waals surface area contributed by atoms with Gasteiger partial charge < -0.3 is 14.2 Å². The van der Waals surface area contributed by atoms with Gasteiger partial charge in [-0.25, -0.2) is 4.39 Å². The lowest BCUT2D eigenvalue weighted by atomic mass is 9.73. The average Bonchev–Trinajstić information content (AvgIpc) is 3.38. The molecule has 3 aromatic rings. The average molecular weight is 493 g/mol. The van der Waals surface area contributed by atoms with Crippen LogP contribution in [0.15, 0.2) is 53.1 Å². The van der Waals surface area contributed by atoms with Gasteiger partial charge in [-0.2, -0.15) is 4.98 Å². The number of carbonyl (C=O) groups excluding carboxylic acids is 1. The van der Waals surface area contributed by atoms with E-state index in [0.717, 1.165) is 43.6 Å². The highest BCUT2D eigenvalue weighted by atomic mass is 19.1. The van der Waals surface area contributed by atoms with Crippen LogP contribution in [0.2, 0.25) is 0 Å². The van der Waals surface area contributed by atoms with Gasteiger partial charge in [0.25, 0.3) is 0 Å². The summed E-state index contributed by atoms with van der Waals surface area (Å²) in [6, 6.07) is 14.6. The van der Waals surface area contributed by atoms with Crippen LogP contribution in [0.25, 0.3) is 11.4 Å². The molecule has 1 aromatic heterocycles. The smallest absolute Gasteiger partial charge is 0.233 e. The molecule has 0 N–H and O–H groups in total. The van der Waals surface area contributed by atoms with Crippen molar-refractivity contribution in [3.63, 3.8) is 0 Å². The summed E-state index contributed by atoms with van der Waals surface area (Å²) in [6.45, 7) is 6.98. The first-order chi connectivity index (χ1) is 17.5. The zero-order valence-electron chi connectivity index (χ0n) is 20.8. The van der Waals surface area contributed by atoms with Crippen molar-refractivity contribution >= 4 is 5.91 Å². The van der Waals surface area contributed by atoms with Crippen molar-refractivity contribution in [3.8, 4) is 11.4 Å². The normalized spacial score (nSPS) is 18.3. The highest BCUT2D eigenvalue weighted by Gasteiger charge is 2.44. The predicted octanol–water partition coefficient (Wildman–Crippen LogP) is 4.01. The van der Waals surface area contributed by atoms with E-state index in [4.69, 9.17) is 9.26 Å². The van der Waals surface area contributed by atoms with E-state index in [1.54, 1.807) is 6.07 Å². The predicted molar refractivity (Wildman–Crippen MR) is 134 cm³/mol. The summed E-state index contributed by atoms with van der Waals surface area (Å²) in [5, 5.41) is 4.12. The van der Waals surface area contributed by atoms with E-state index in [2.05, 4.69) is 22.0 Å². The van der Waals surface area contributed by atoms with Gasteiger partial charge >= 0.3 is 0 Å². The number of carbonyl (C=O) groups is 1. The maximum absolute atomic E-state index is 14.0. The maximum Gasteiger partial charge on any atom is 0.233 e. The minimum Gasteiger partial charge on any atom is -0.381 e. The standard InChI is InChI=1S/C28H33FN4O3/c1-21-7-9-22(10-8-21)26-30-25(36-31-26)6-3-13-32-14-16-33(17-15-32)27(34)28(11-18-35-19-12-28)23-4-2-5-24(29)20-23/h2,4-5,7-10,20H,3,6,11-19H2,1H3. The van der Waals surface area contributed by atoms with E-state index in [1.807, 2.05) is 35.2 Å². The van der Waals surface area contributed by atoms with Crippen LogP contribution in [0.4, 0.5) is 4.39 Å². The Bertz CT molecular complexity index is 1170. The Morgan fingerprint density at radius 2 is 1.81 bits per heavy atom. The number of piperazine rings is 1. The molecule has 7 nitrogen and oxygen atoms in total. The molecule has 2 aromatic carbocycles. The number of amides is 1. The second kappa shape index (κ2) is 10.9. The van der Waals surface area contributed by atoms with E-state index in [-0.39, 0.29) is 11.7 Å². The molecule has 0 atom stereocenters. The van der Waals surface area contributed by atoms with Crippen LogP contribution >= 0.6 is 0 Å². The molecular formula is C28H33FN4O3. The molecule has 0 bridgehead atoms. The maximum atomic E-state index is 14.0. The lowest BCUT2D eigenvalue weighted by Gasteiger charge is -2.43. The molecule has 0 saturated carbocycles. The fourth-order valence-corrected chi connectivity index (χ4v) is 5.24. The summed E-state index contributed by atoms with van der Waals surface area (Å²) in [7, 11) is 0. The van der Waals surface area contributed by atoms with Gasteiger partial charge in [0.05, 0.1) is 5.41 Å². The molecule has 2 saturated heterocycles. The van der Waals surface area contributed by atoms with Crippen molar-refractivity contribution in [2.45, 2.75) is 38.0 Å². The van der Waals surface area contributed by atoms with Gasteiger partial charge in [0, 0.05) is 51.4 Å². The Morgan fingerprint density at radius 1 is 1.06 bits per heavy atom. The third kappa shape index (κ3) is 5.34. The first-order valence-corrected chi connectivity index (χ1v) is 12.8. The number of hydrogen-bond donors (Lipinski definition) is 0. The number of ether oxygens (including phenoxy) is 1. The molecule has 2 fully saturated rings. The van der Waals surface area contributed by atoms with Crippen molar-refractivity contribution < 1.29 is 18.4 Å². The molecule has 190 valence electrons. The van der Waals surface area contributed by atoms with E-state index in [9.17, 15) is 9.18 Å². The molecule has 0 radical (unpaired) electrons. The van der Waals surface area contributed by atoms with E-state index in [1.165, 1.54) is 17.7 Å². The number of rotatable bonds is 7. The van der Waals surface area contributed by atoms with Crippen molar-refractivity contribution in [1.29, 1.82) is 0 Å². The van der Waals surface area contributed by atoms with Crippen molar-refractivity contribution in [2.24, 2.45) is 0 Å². The van der Waals surface area contributed by atoms with E-state index >= 15 is 0 Å². The third-order valence-corrected chi connectivity index (χ3v) is 7.44. The summed E-state index contributed by atoms with van der Waals surface area (Å²) >= 11 is 0. The van der Waals surface area contributed by atoms with Gasteiger partial charge in [-0.15, -0.1) is 0 Å². The number of aryl methyl sites for hydroxylation is 2. The Labute approximate surface area is 211 Å². The topological polar surface area (TPSA) is 71.7 Å². The van der Waals surface area contributed by atoms with Crippen LogP contribution in [0, 0.1) is 12.7 Å². The Hall–Kier alpha value is -3.10. The van der Waals surface area contributed by atoms with Crippen LogP contribution < -0.4 is 0 Å². The van der Waals surface area contributed by atoms with Gasteiger partial charge in [0.2, 0.25) is 17.6 Å². The fourth-order valence-electron chi connectivity index (χ4n) is 5.24. The van der Waals surface area contributed by atoms with Crippen LogP contribution in [0.1, 0.15) is 36.3 Å². The Balaban J connectivity index is 1.13. The third-order valence-electron chi connectivity index (χ3n) is 7.44. The first-order valence-electron chi connectivity index (χ1n) is 12.8. The molecule has 0 spiro atoms. The van der Waals surface area contributed by atoms with Crippen LogP contribution in [0.3, 0.4) is 0 Å². The van der Waals surface area contributed by atoms with Crippen LogP contribution in [-0.2, 0) is 21.4 Å². The summed E-state index contributed by atoms with van der Waals surface area (Å²) in [5.74, 6) is 1.07. The van der Waals surface area contributed by atoms with Gasteiger partial charge in [0.1, 0.15) is 5.82 Å². The molecule has 8 heteroatoms. The monoisotopic (exact) mass is 492 g/mol. The summed E-state index contributed by atoms with van der Waals surface area (Å²) in [6.07, 6.45) is 2.81. The SMILES string of the molecule is Cc1ccc(-c2noc(CCCN3CCN(C(=O)C4(c5cccc(F)c5)CCOCC4)CC3)n2)cc1. The quantitative estimate of drug-likeness (QED) is 0.496. The summed E-state index contributed by atoms with van der Waals surface area (Å²) in [4.78, 5) is 22.6. The molecule has 36 heavy (non-hydrogen) atoms. The molecule has 2 aliphatic rings. The van der Waals surface area contributed by atoms with E-state index in [0.29, 0.717) is 50.9 Å². The van der Waals surface area contributed by atoms with Crippen molar-refractivity contribution in [3.05, 3.63) is 71.4 Å². The van der Waals surface area contributed by atoms with Gasteiger partial charge in [-0.3, -0.25) is 9.69 Å². The highest BCUT2D eigenvalue weighted by molar-refractivity contribution is 5.88. The lowest BCUT2D eigenvalue weighted by molar-refractivity contribution is -0.143. The number of aromatic nitrogens is 2. The van der Waals surface area contributed by atoms with Gasteiger partial charge in [-0.05, 0) is 50.4 Å². The van der Waals surface area contributed by atoms with Crippen molar-refractivity contribution in [2.75, 3.05) is 45.9 Å². The zero-order valence-corrected chi connectivity index (χ0v) is 20.8. The molecular weight excluding hydrogens is 459 g/mol. The van der Waals surface area contributed by atoms with E-state index < -0.39 is 5.41 Å². The van der Waals surface area contributed by atoms with Crippen LogP contribution in [-0.4, -0.2) is 71.8 Å². The zero-order chi connectivity index (χ0) is 25.0. The molecule has 2 aliphatic heterocycles. The Kier molecular flexibility index (Phi) is 7.43. The Morgan fingerprint density at radius 3 is 2.53 bits per heavy atom. The molecule has 1 amide bonds.